The number of nitrogens with zero attached hydrogens (tertiary/aromatic N) is 4. The molecule has 0 aliphatic carbocycles. The molecule has 1 amide bonds. The Bertz CT molecular complexity index is 880. The quantitative estimate of drug-likeness (QED) is 0.774. The number of aromatic amines is 1. The Morgan fingerprint density at radius 3 is 2.74 bits per heavy atom. The van der Waals surface area contributed by atoms with E-state index in [4.69, 9.17) is 0 Å². The molecule has 1 aromatic rings. The van der Waals surface area contributed by atoms with E-state index in [1.54, 1.807) is 4.90 Å². The second-order valence-corrected chi connectivity index (χ2v) is 9.39. The van der Waals surface area contributed by atoms with Crippen LogP contribution in [0.3, 0.4) is 0 Å². The van der Waals surface area contributed by atoms with Gasteiger partial charge in [-0.25, -0.2) is 4.98 Å². The number of rotatable bonds is 5. The largest absolute Gasteiger partial charge is 0.333 e. The first-order valence-corrected chi connectivity index (χ1v) is 10.7. The number of fused-ring (bicyclic) bond motifs is 1. The van der Waals surface area contributed by atoms with Crippen LogP contribution in [0.25, 0.3) is 0 Å². The van der Waals surface area contributed by atoms with Gasteiger partial charge in [0.15, 0.2) is 0 Å². The van der Waals surface area contributed by atoms with Crippen LogP contribution in [0.15, 0.2) is 4.79 Å². The van der Waals surface area contributed by atoms with Crippen molar-refractivity contribution < 1.29 is 13.2 Å². The van der Waals surface area contributed by atoms with Crippen LogP contribution in [0.4, 0.5) is 0 Å². The lowest BCUT2D eigenvalue weighted by Crippen LogP contribution is -2.44. The van der Waals surface area contributed by atoms with Crippen molar-refractivity contribution in [3.05, 3.63) is 27.4 Å². The van der Waals surface area contributed by atoms with Crippen LogP contribution in [0.5, 0.6) is 0 Å². The zero-order chi connectivity index (χ0) is 19.8. The van der Waals surface area contributed by atoms with E-state index in [-0.39, 0.29) is 30.6 Å². The van der Waals surface area contributed by atoms with Gasteiger partial charge in [-0.3, -0.25) is 9.59 Å². The minimum absolute atomic E-state index is 0.0668. The number of amides is 1. The highest BCUT2D eigenvalue weighted by Crippen LogP contribution is 2.31. The molecule has 0 radical (unpaired) electrons. The summed E-state index contributed by atoms with van der Waals surface area (Å²) in [4.78, 5) is 34.2. The Morgan fingerprint density at radius 2 is 2.07 bits per heavy atom. The Morgan fingerprint density at radius 1 is 1.33 bits per heavy atom. The first kappa shape index (κ1) is 20.0. The molecule has 3 rings (SSSR count). The Labute approximate surface area is 159 Å². The molecule has 1 fully saturated rings. The van der Waals surface area contributed by atoms with Crippen LogP contribution < -0.4 is 5.56 Å². The minimum Gasteiger partial charge on any atom is -0.333 e. The van der Waals surface area contributed by atoms with Gasteiger partial charge in [0.05, 0.1) is 18.3 Å². The van der Waals surface area contributed by atoms with E-state index < -0.39 is 10.2 Å². The fourth-order valence-electron chi connectivity index (χ4n) is 3.73. The number of H-pyrrole nitrogens is 1. The molecule has 2 aliphatic heterocycles. The maximum atomic E-state index is 12.6. The second-order valence-electron chi connectivity index (χ2n) is 7.25. The summed E-state index contributed by atoms with van der Waals surface area (Å²) < 4.78 is 27.3. The number of nitrogens with one attached hydrogen (secondary N) is 1. The highest BCUT2D eigenvalue weighted by atomic mass is 32.2. The van der Waals surface area contributed by atoms with E-state index in [0.29, 0.717) is 36.5 Å². The topological polar surface area (TPSA) is 107 Å². The molecule has 0 spiro atoms. The number of hydrogen-bond acceptors (Lipinski definition) is 5. The van der Waals surface area contributed by atoms with Crippen molar-refractivity contribution in [2.75, 3.05) is 27.2 Å². The molecule has 0 bridgehead atoms. The Balaban J connectivity index is 1.92. The lowest BCUT2D eigenvalue weighted by atomic mass is 10.1. The number of hydrogen-bond donors (Lipinski definition) is 1. The first-order valence-electron chi connectivity index (χ1n) is 9.34. The maximum absolute atomic E-state index is 12.6. The van der Waals surface area contributed by atoms with Crippen molar-refractivity contribution in [1.82, 2.24) is 23.5 Å². The van der Waals surface area contributed by atoms with Gasteiger partial charge in [0.25, 0.3) is 15.8 Å². The van der Waals surface area contributed by atoms with Gasteiger partial charge in [-0.1, -0.05) is 6.92 Å². The van der Waals surface area contributed by atoms with Crippen LogP contribution in [0.1, 0.15) is 55.7 Å². The van der Waals surface area contributed by atoms with Gasteiger partial charge >= 0.3 is 0 Å². The third-order valence-electron chi connectivity index (χ3n) is 5.20. The third kappa shape index (κ3) is 3.78. The van der Waals surface area contributed by atoms with Crippen molar-refractivity contribution in [2.45, 2.75) is 51.6 Å². The molecular weight excluding hydrogens is 370 g/mol. The zero-order valence-corrected chi connectivity index (χ0v) is 16.9. The predicted octanol–water partition coefficient (Wildman–Crippen LogP) is 0.398. The van der Waals surface area contributed by atoms with Gasteiger partial charge < -0.3 is 9.88 Å². The highest BCUT2D eigenvalue weighted by molar-refractivity contribution is 7.86. The van der Waals surface area contributed by atoms with Gasteiger partial charge in [-0.2, -0.15) is 17.0 Å². The summed E-state index contributed by atoms with van der Waals surface area (Å²) in [5.41, 5.74) is 0.792. The molecule has 3 heterocycles. The van der Waals surface area contributed by atoms with Crippen LogP contribution in [0.2, 0.25) is 0 Å². The average Bonchev–Trinajstić information content (AvgIpc) is 3.11. The predicted molar refractivity (Wildman–Crippen MR) is 100 cm³/mol. The summed E-state index contributed by atoms with van der Waals surface area (Å²) in [5.74, 6) is 0.530. The summed E-state index contributed by atoms with van der Waals surface area (Å²) >= 11 is 0. The molecule has 2 aliphatic rings. The van der Waals surface area contributed by atoms with Crippen LogP contribution in [-0.4, -0.2) is 65.0 Å². The summed E-state index contributed by atoms with van der Waals surface area (Å²) in [5, 5.41) is 0. The Kier molecular flexibility index (Phi) is 5.68. The van der Waals surface area contributed by atoms with Crippen molar-refractivity contribution in [3.63, 3.8) is 0 Å². The number of aromatic nitrogens is 2. The molecule has 1 aromatic heterocycles. The van der Waals surface area contributed by atoms with E-state index in [1.807, 2.05) is 6.92 Å². The van der Waals surface area contributed by atoms with Crippen LogP contribution >= 0.6 is 0 Å². The summed E-state index contributed by atoms with van der Waals surface area (Å²) in [6.07, 6.45) is 3.18. The number of likely N-dealkylation sites (tertiary alicyclic amines) is 1. The molecule has 150 valence electrons. The lowest BCUT2D eigenvalue weighted by Gasteiger charge is -2.30. The van der Waals surface area contributed by atoms with E-state index in [2.05, 4.69) is 9.97 Å². The van der Waals surface area contributed by atoms with Gasteiger partial charge in [0, 0.05) is 39.2 Å². The summed E-state index contributed by atoms with van der Waals surface area (Å²) in [6.45, 7) is 2.94. The van der Waals surface area contributed by atoms with Gasteiger partial charge in [0.1, 0.15) is 5.82 Å². The highest BCUT2D eigenvalue weighted by Gasteiger charge is 2.34. The number of carbonyl (C=O) groups is 1. The molecule has 10 heteroatoms. The molecule has 1 atom stereocenters. The van der Waals surface area contributed by atoms with Gasteiger partial charge in [-0.15, -0.1) is 0 Å². The van der Waals surface area contributed by atoms with E-state index in [0.717, 1.165) is 23.6 Å². The van der Waals surface area contributed by atoms with Crippen molar-refractivity contribution >= 4 is 16.1 Å². The zero-order valence-electron chi connectivity index (χ0n) is 16.1. The van der Waals surface area contributed by atoms with Gasteiger partial charge in [-0.05, 0) is 25.7 Å². The molecule has 0 unspecified atom stereocenters. The monoisotopic (exact) mass is 397 g/mol. The lowest BCUT2D eigenvalue weighted by molar-refractivity contribution is -0.132. The maximum Gasteiger partial charge on any atom is 0.281 e. The molecule has 0 saturated carbocycles. The van der Waals surface area contributed by atoms with E-state index in [9.17, 15) is 18.0 Å². The SMILES string of the molecule is CCCC(=O)N1CCC[C@H]1c1nc2c(c(=O)[nH]1)CCN(S(=O)(=O)N(C)C)C2. The molecule has 1 N–H and O–H groups in total. The number of carbonyl (C=O) groups excluding carboxylic acids is 1. The molecule has 0 aromatic carbocycles. The minimum atomic E-state index is -3.57. The van der Waals surface area contributed by atoms with Crippen molar-refractivity contribution in [3.8, 4) is 0 Å². The molecule has 9 nitrogen and oxygen atoms in total. The first-order chi connectivity index (χ1) is 12.8. The second kappa shape index (κ2) is 7.69. The van der Waals surface area contributed by atoms with E-state index in [1.165, 1.54) is 18.4 Å². The molecular formula is C17H27N5O4S. The normalized spacial score (nSPS) is 20.9. The summed E-state index contributed by atoms with van der Waals surface area (Å²) in [7, 11) is -0.602. The van der Waals surface area contributed by atoms with Crippen LogP contribution in [0, 0.1) is 0 Å². The molecule has 27 heavy (non-hydrogen) atoms. The third-order valence-corrected chi connectivity index (χ3v) is 7.08. The average molecular weight is 398 g/mol. The fourth-order valence-corrected chi connectivity index (χ4v) is 4.80. The standard InChI is InChI=1S/C17H27N5O4S/c1-4-6-15(23)22-9-5-7-14(22)16-18-13-11-21(27(25,26)20(2)3)10-8-12(13)17(24)19-16/h14H,4-11H2,1-3H3,(H,18,19,24)/t14-/m0/s1. The summed E-state index contributed by atoms with van der Waals surface area (Å²) in [6, 6.07) is -0.247. The van der Waals surface area contributed by atoms with Crippen molar-refractivity contribution in [2.24, 2.45) is 0 Å². The Hall–Kier alpha value is -1.78. The van der Waals surface area contributed by atoms with E-state index >= 15 is 0 Å². The smallest absolute Gasteiger partial charge is 0.281 e. The molecule has 1 saturated heterocycles. The fraction of sp³-hybridized carbons (Fsp3) is 0.706. The van der Waals surface area contributed by atoms with Crippen LogP contribution in [-0.2, 0) is 28.0 Å². The van der Waals surface area contributed by atoms with Gasteiger partial charge in [0.2, 0.25) is 5.91 Å². The van der Waals surface area contributed by atoms with Crippen molar-refractivity contribution in [1.29, 1.82) is 0 Å².